The molecular formula is C19H18N2O4. The Morgan fingerprint density at radius 2 is 2.00 bits per heavy atom. The van der Waals surface area contributed by atoms with Crippen molar-refractivity contribution in [3.8, 4) is 0 Å². The number of Topliss-reactive ketones (excluding diaryl/α,β-unsaturated/α-hetero) is 1. The number of ether oxygens (including phenoxy) is 1. The lowest BCUT2D eigenvalue weighted by atomic mass is 10.0. The van der Waals surface area contributed by atoms with E-state index in [1.54, 1.807) is 48.4 Å². The molecule has 0 saturated heterocycles. The molecule has 0 bridgehead atoms. The van der Waals surface area contributed by atoms with Crippen molar-refractivity contribution in [1.29, 1.82) is 0 Å². The van der Waals surface area contributed by atoms with Gasteiger partial charge in [0, 0.05) is 37.1 Å². The van der Waals surface area contributed by atoms with Crippen LogP contribution in [0.15, 0.2) is 42.7 Å². The number of ketones is 1. The molecule has 6 heteroatoms. The molecule has 1 aliphatic heterocycles. The van der Waals surface area contributed by atoms with Gasteiger partial charge in [-0.3, -0.25) is 14.6 Å². The van der Waals surface area contributed by atoms with Gasteiger partial charge in [-0.15, -0.1) is 0 Å². The number of carbonyl (C=O) groups is 3. The first-order valence-electron chi connectivity index (χ1n) is 8.03. The number of anilines is 1. The number of nitrogens with zero attached hydrogens (tertiary/aromatic N) is 2. The third kappa shape index (κ3) is 3.42. The first-order valence-corrected chi connectivity index (χ1v) is 8.03. The number of hydrogen-bond donors (Lipinski definition) is 0. The van der Waals surface area contributed by atoms with E-state index in [4.69, 9.17) is 4.74 Å². The summed E-state index contributed by atoms with van der Waals surface area (Å²) in [6.45, 7) is 3.69. The van der Waals surface area contributed by atoms with Gasteiger partial charge in [0.1, 0.15) is 0 Å². The highest BCUT2D eigenvalue weighted by Crippen LogP contribution is 2.29. The molecule has 0 radical (unpaired) electrons. The topological polar surface area (TPSA) is 76.6 Å². The van der Waals surface area contributed by atoms with Crippen molar-refractivity contribution < 1.29 is 19.1 Å². The molecule has 1 aliphatic rings. The van der Waals surface area contributed by atoms with E-state index in [-0.39, 0.29) is 11.7 Å². The van der Waals surface area contributed by atoms with Crippen LogP contribution in [0.3, 0.4) is 0 Å². The Morgan fingerprint density at radius 3 is 2.68 bits per heavy atom. The molecule has 1 aromatic heterocycles. The predicted molar refractivity (Wildman–Crippen MR) is 91.6 cm³/mol. The van der Waals surface area contributed by atoms with Crippen molar-refractivity contribution in [1.82, 2.24) is 4.98 Å². The Morgan fingerprint density at radius 1 is 1.20 bits per heavy atom. The molecular weight excluding hydrogens is 320 g/mol. The van der Waals surface area contributed by atoms with E-state index >= 15 is 0 Å². The molecule has 0 N–H and O–H groups in total. The van der Waals surface area contributed by atoms with Crippen LogP contribution in [-0.2, 0) is 16.0 Å². The van der Waals surface area contributed by atoms with Crippen molar-refractivity contribution in [3.05, 3.63) is 59.4 Å². The van der Waals surface area contributed by atoms with Gasteiger partial charge in [0.25, 0.3) is 0 Å². The number of rotatable bonds is 4. The number of fused-ring (bicyclic) bond motifs is 1. The zero-order valence-electron chi connectivity index (χ0n) is 14.1. The minimum Gasteiger partial charge on any atom is -0.451 e. The lowest BCUT2D eigenvalue weighted by Gasteiger charge is -2.16. The molecule has 2 aromatic rings. The molecule has 128 valence electrons. The normalized spacial score (nSPS) is 13.9. The summed E-state index contributed by atoms with van der Waals surface area (Å²) in [4.78, 5) is 41.7. The van der Waals surface area contributed by atoms with Crippen molar-refractivity contribution >= 4 is 23.3 Å². The van der Waals surface area contributed by atoms with Crippen LogP contribution < -0.4 is 4.90 Å². The summed E-state index contributed by atoms with van der Waals surface area (Å²) in [5, 5.41) is 0. The van der Waals surface area contributed by atoms with E-state index in [2.05, 4.69) is 4.98 Å². The van der Waals surface area contributed by atoms with Crippen LogP contribution in [0.25, 0.3) is 0 Å². The molecule has 1 atom stereocenters. The van der Waals surface area contributed by atoms with Crippen molar-refractivity contribution in [3.63, 3.8) is 0 Å². The van der Waals surface area contributed by atoms with Gasteiger partial charge in [-0.05, 0) is 49.2 Å². The fourth-order valence-corrected chi connectivity index (χ4v) is 2.88. The van der Waals surface area contributed by atoms with E-state index in [1.807, 2.05) is 0 Å². The van der Waals surface area contributed by atoms with Crippen molar-refractivity contribution in [2.75, 3.05) is 11.4 Å². The summed E-state index contributed by atoms with van der Waals surface area (Å²) in [5.74, 6) is -0.879. The first kappa shape index (κ1) is 16.8. The highest BCUT2D eigenvalue weighted by Gasteiger charge is 2.25. The quantitative estimate of drug-likeness (QED) is 0.632. The first-order chi connectivity index (χ1) is 12.0. The lowest BCUT2D eigenvalue weighted by Crippen LogP contribution is -2.26. The van der Waals surface area contributed by atoms with Crippen molar-refractivity contribution in [2.24, 2.45) is 0 Å². The Bertz CT molecular complexity index is 833. The summed E-state index contributed by atoms with van der Waals surface area (Å²) in [6.07, 6.45) is 2.75. The van der Waals surface area contributed by atoms with Crippen LogP contribution >= 0.6 is 0 Å². The zero-order valence-corrected chi connectivity index (χ0v) is 14.1. The van der Waals surface area contributed by atoms with Crippen LogP contribution in [0, 0.1) is 0 Å². The molecule has 0 spiro atoms. The maximum absolute atomic E-state index is 12.6. The second kappa shape index (κ2) is 6.84. The molecule has 1 aromatic carbocycles. The smallest absolute Gasteiger partial charge is 0.340 e. The molecule has 3 rings (SSSR count). The average molecular weight is 338 g/mol. The third-order valence-electron chi connectivity index (χ3n) is 4.19. The van der Waals surface area contributed by atoms with Gasteiger partial charge in [0.2, 0.25) is 11.7 Å². The zero-order chi connectivity index (χ0) is 18.0. The second-order valence-electron chi connectivity index (χ2n) is 5.92. The largest absolute Gasteiger partial charge is 0.451 e. The predicted octanol–water partition coefficient (Wildman–Crippen LogP) is 2.42. The highest BCUT2D eigenvalue weighted by molar-refractivity contribution is 6.02. The number of hydrogen-bond acceptors (Lipinski definition) is 5. The van der Waals surface area contributed by atoms with Gasteiger partial charge in [0.15, 0.2) is 6.10 Å². The van der Waals surface area contributed by atoms with Crippen molar-refractivity contribution in [2.45, 2.75) is 26.4 Å². The fourth-order valence-electron chi connectivity index (χ4n) is 2.88. The fraction of sp³-hybridized carbons (Fsp3) is 0.263. The van der Waals surface area contributed by atoms with E-state index < -0.39 is 12.1 Å². The van der Waals surface area contributed by atoms with E-state index in [1.165, 1.54) is 13.1 Å². The SMILES string of the molecule is CC(=O)N1CCc2cc(C(=O)[C@H](C)OC(=O)c3cccnc3)ccc21. The van der Waals surface area contributed by atoms with Gasteiger partial charge in [-0.25, -0.2) is 4.79 Å². The highest BCUT2D eigenvalue weighted by atomic mass is 16.5. The molecule has 0 saturated carbocycles. The molecule has 1 amide bonds. The lowest BCUT2D eigenvalue weighted by molar-refractivity contribution is -0.116. The Hall–Kier alpha value is -3.02. The monoisotopic (exact) mass is 338 g/mol. The minimum absolute atomic E-state index is 0.0170. The number of aromatic nitrogens is 1. The number of benzene rings is 1. The Kier molecular flexibility index (Phi) is 4.61. The summed E-state index contributed by atoms with van der Waals surface area (Å²) >= 11 is 0. The number of esters is 1. The number of carbonyl (C=O) groups excluding carboxylic acids is 3. The minimum atomic E-state index is -0.906. The molecule has 6 nitrogen and oxygen atoms in total. The Balaban J connectivity index is 1.73. The van der Waals surface area contributed by atoms with Gasteiger partial charge in [-0.1, -0.05) is 0 Å². The summed E-state index contributed by atoms with van der Waals surface area (Å²) < 4.78 is 5.24. The van der Waals surface area contributed by atoms with Crippen LogP contribution in [0.5, 0.6) is 0 Å². The van der Waals surface area contributed by atoms with E-state index in [0.717, 1.165) is 11.3 Å². The van der Waals surface area contributed by atoms with Gasteiger partial charge in [0.05, 0.1) is 5.56 Å². The maximum Gasteiger partial charge on any atom is 0.340 e. The van der Waals surface area contributed by atoms with Gasteiger partial charge < -0.3 is 9.64 Å². The molecule has 0 aliphatic carbocycles. The number of pyridine rings is 1. The standard InChI is InChI=1S/C19H18N2O4/c1-12(25-19(24)16-4-3-8-20-11-16)18(23)15-5-6-17-14(10-15)7-9-21(17)13(2)22/h3-6,8,10-12H,7,9H2,1-2H3/t12-/m0/s1. The van der Waals surface area contributed by atoms with E-state index in [9.17, 15) is 14.4 Å². The molecule has 0 fully saturated rings. The molecule has 2 heterocycles. The van der Waals surface area contributed by atoms with Crippen LogP contribution in [0.4, 0.5) is 5.69 Å². The van der Waals surface area contributed by atoms with Crippen LogP contribution in [0.2, 0.25) is 0 Å². The second-order valence-corrected chi connectivity index (χ2v) is 5.92. The third-order valence-corrected chi connectivity index (χ3v) is 4.19. The Labute approximate surface area is 145 Å². The van der Waals surface area contributed by atoms with Gasteiger partial charge in [-0.2, -0.15) is 0 Å². The average Bonchev–Trinajstić information content (AvgIpc) is 3.05. The summed E-state index contributed by atoms with van der Waals surface area (Å²) in [6, 6.07) is 8.42. The number of amides is 1. The van der Waals surface area contributed by atoms with E-state index in [0.29, 0.717) is 24.1 Å². The molecule has 0 unspecified atom stereocenters. The van der Waals surface area contributed by atoms with Crippen LogP contribution in [0.1, 0.15) is 40.1 Å². The summed E-state index contributed by atoms with van der Waals surface area (Å²) in [7, 11) is 0. The van der Waals surface area contributed by atoms with Gasteiger partial charge >= 0.3 is 5.97 Å². The van der Waals surface area contributed by atoms with Crippen LogP contribution in [-0.4, -0.2) is 35.3 Å². The maximum atomic E-state index is 12.6. The summed E-state index contributed by atoms with van der Waals surface area (Å²) in [5.41, 5.74) is 2.56. The molecule has 25 heavy (non-hydrogen) atoms.